The molecule has 1 N–H and O–H groups in total. The lowest BCUT2D eigenvalue weighted by Crippen LogP contribution is -2.10. The molecule has 1 aromatic heterocycles. The number of nitrogens with zero attached hydrogens (tertiary/aromatic N) is 2. The van der Waals surface area contributed by atoms with E-state index >= 15 is 0 Å². The summed E-state index contributed by atoms with van der Waals surface area (Å²) in [7, 11) is 0. The third kappa shape index (κ3) is 2.70. The van der Waals surface area contributed by atoms with Crippen molar-refractivity contribution in [3.63, 3.8) is 0 Å². The van der Waals surface area contributed by atoms with Gasteiger partial charge in [-0.1, -0.05) is 0 Å². The molecule has 0 aliphatic heterocycles. The van der Waals surface area contributed by atoms with Gasteiger partial charge in [-0.3, -0.25) is 9.78 Å². The van der Waals surface area contributed by atoms with Gasteiger partial charge >= 0.3 is 0 Å². The first-order chi connectivity index (χ1) is 8.20. The molecule has 0 spiro atoms. The van der Waals surface area contributed by atoms with Crippen LogP contribution < -0.4 is 5.32 Å². The number of nitrogens with one attached hydrogen (secondary N) is 1. The van der Waals surface area contributed by atoms with Gasteiger partial charge in [0, 0.05) is 4.47 Å². The lowest BCUT2D eigenvalue weighted by molar-refractivity contribution is 0.103. The van der Waals surface area contributed by atoms with Crippen molar-refractivity contribution >= 4 is 38.9 Å². The number of benzene rings is 1. The van der Waals surface area contributed by atoms with Gasteiger partial charge in [0.25, 0.3) is 5.91 Å². The van der Waals surface area contributed by atoms with Gasteiger partial charge in [-0.15, -0.1) is 11.3 Å². The number of halogens is 1. The normalized spacial score (nSPS) is 9.65. The van der Waals surface area contributed by atoms with Crippen LogP contribution in [0.5, 0.6) is 0 Å². The van der Waals surface area contributed by atoms with Crippen molar-refractivity contribution < 1.29 is 4.79 Å². The molecule has 2 aromatic rings. The lowest BCUT2D eigenvalue weighted by atomic mass is 10.2. The molecule has 1 heterocycles. The third-order valence-electron chi connectivity index (χ3n) is 2.00. The molecule has 0 aliphatic rings. The highest BCUT2D eigenvalue weighted by Crippen LogP contribution is 2.24. The molecule has 17 heavy (non-hydrogen) atoms. The van der Waals surface area contributed by atoms with Gasteiger partial charge < -0.3 is 5.32 Å². The number of hydrogen-bond acceptors (Lipinski definition) is 4. The standard InChI is InChI=1S/C11H6BrN3OS/c12-8-3-7(4-13)1-2-9(8)15-11(16)10-5-14-6-17-10/h1-3,5-6H,(H,15,16). The van der Waals surface area contributed by atoms with Crippen molar-refractivity contribution in [3.05, 3.63) is 44.8 Å². The molecule has 0 aliphatic carbocycles. The molecule has 0 saturated heterocycles. The maximum Gasteiger partial charge on any atom is 0.267 e. The van der Waals surface area contributed by atoms with Gasteiger partial charge in [0.1, 0.15) is 4.88 Å². The van der Waals surface area contributed by atoms with Crippen LogP contribution in [0, 0.1) is 11.3 Å². The number of carbonyl (C=O) groups excluding carboxylic acids is 1. The maximum absolute atomic E-state index is 11.8. The Hall–Kier alpha value is -1.71. The fourth-order valence-corrected chi connectivity index (χ4v) is 2.19. The summed E-state index contributed by atoms with van der Waals surface area (Å²) in [5.41, 5.74) is 2.76. The van der Waals surface area contributed by atoms with Crippen LogP contribution in [0.1, 0.15) is 15.2 Å². The number of anilines is 1. The zero-order valence-corrected chi connectivity index (χ0v) is 10.9. The van der Waals surface area contributed by atoms with Crippen LogP contribution in [-0.2, 0) is 0 Å². The average Bonchev–Trinajstić information content (AvgIpc) is 2.85. The van der Waals surface area contributed by atoms with E-state index in [0.717, 1.165) is 0 Å². The zero-order chi connectivity index (χ0) is 12.3. The molecule has 84 valence electrons. The van der Waals surface area contributed by atoms with Gasteiger partial charge in [-0.05, 0) is 34.1 Å². The molecule has 1 aromatic carbocycles. The monoisotopic (exact) mass is 307 g/mol. The van der Waals surface area contributed by atoms with E-state index in [0.29, 0.717) is 20.6 Å². The summed E-state index contributed by atoms with van der Waals surface area (Å²) in [4.78, 5) is 16.1. The Bertz CT molecular complexity index is 589. The summed E-state index contributed by atoms with van der Waals surface area (Å²) in [6, 6.07) is 7.01. The number of amides is 1. The molecule has 4 nitrogen and oxygen atoms in total. The van der Waals surface area contributed by atoms with Crippen LogP contribution in [0.25, 0.3) is 0 Å². The van der Waals surface area contributed by atoms with Crippen molar-refractivity contribution in [2.24, 2.45) is 0 Å². The Morgan fingerprint density at radius 2 is 2.35 bits per heavy atom. The minimum Gasteiger partial charge on any atom is -0.320 e. The van der Waals surface area contributed by atoms with Gasteiger partial charge in [-0.25, -0.2) is 0 Å². The predicted octanol–water partition coefficient (Wildman–Crippen LogP) is 3.03. The Balaban J connectivity index is 2.20. The quantitative estimate of drug-likeness (QED) is 0.927. The van der Waals surface area contributed by atoms with Gasteiger partial charge in [0.2, 0.25) is 0 Å². The van der Waals surface area contributed by atoms with E-state index in [-0.39, 0.29) is 5.91 Å². The van der Waals surface area contributed by atoms with E-state index in [4.69, 9.17) is 5.26 Å². The highest BCUT2D eigenvalue weighted by Gasteiger charge is 2.09. The molecule has 6 heteroatoms. The van der Waals surface area contributed by atoms with E-state index < -0.39 is 0 Å². The smallest absolute Gasteiger partial charge is 0.267 e. The van der Waals surface area contributed by atoms with Crippen molar-refractivity contribution in [3.8, 4) is 6.07 Å². The van der Waals surface area contributed by atoms with Crippen molar-refractivity contribution in [1.82, 2.24) is 4.98 Å². The summed E-state index contributed by atoms with van der Waals surface area (Å²) < 4.78 is 0.675. The number of nitriles is 1. The minimum absolute atomic E-state index is 0.210. The summed E-state index contributed by atoms with van der Waals surface area (Å²) in [5, 5.41) is 11.5. The number of rotatable bonds is 2. The SMILES string of the molecule is N#Cc1ccc(NC(=O)c2cncs2)c(Br)c1. The molecule has 2 rings (SSSR count). The first-order valence-electron chi connectivity index (χ1n) is 4.60. The van der Waals surface area contributed by atoms with E-state index in [1.807, 2.05) is 6.07 Å². The van der Waals surface area contributed by atoms with Crippen LogP contribution in [0.4, 0.5) is 5.69 Å². The largest absolute Gasteiger partial charge is 0.320 e. The second-order valence-electron chi connectivity index (χ2n) is 3.13. The van der Waals surface area contributed by atoms with Gasteiger partial charge in [-0.2, -0.15) is 5.26 Å². The molecule has 0 radical (unpaired) electrons. The zero-order valence-electron chi connectivity index (χ0n) is 8.48. The average molecular weight is 308 g/mol. The van der Waals surface area contributed by atoms with Gasteiger partial charge in [0.05, 0.1) is 29.0 Å². The Kier molecular flexibility index (Phi) is 3.52. The van der Waals surface area contributed by atoms with Crippen LogP contribution in [0.2, 0.25) is 0 Å². The fraction of sp³-hybridized carbons (Fsp3) is 0. The van der Waals surface area contributed by atoms with Crippen LogP contribution in [-0.4, -0.2) is 10.9 Å². The van der Waals surface area contributed by atoms with E-state index in [9.17, 15) is 4.79 Å². The van der Waals surface area contributed by atoms with Crippen LogP contribution in [0.3, 0.4) is 0 Å². The summed E-state index contributed by atoms with van der Waals surface area (Å²) in [6.07, 6.45) is 1.51. The predicted molar refractivity (Wildman–Crippen MR) is 68.9 cm³/mol. The second-order valence-corrected chi connectivity index (χ2v) is 4.87. The number of hydrogen-bond donors (Lipinski definition) is 1. The van der Waals surface area contributed by atoms with E-state index in [2.05, 4.69) is 26.2 Å². The molecule has 0 unspecified atom stereocenters. The van der Waals surface area contributed by atoms with E-state index in [1.165, 1.54) is 17.5 Å². The highest BCUT2D eigenvalue weighted by molar-refractivity contribution is 9.10. The first-order valence-corrected chi connectivity index (χ1v) is 6.27. The number of carbonyl (C=O) groups is 1. The second kappa shape index (κ2) is 5.08. The number of aromatic nitrogens is 1. The molecular weight excluding hydrogens is 302 g/mol. The lowest BCUT2D eigenvalue weighted by Gasteiger charge is -2.05. The molecule has 0 fully saturated rings. The fourth-order valence-electron chi connectivity index (χ4n) is 1.20. The van der Waals surface area contributed by atoms with Crippen molar-refractivity contribution in [2.45, 2.75) is 0 Å². The molecule has 0 saturated carbocycles. The highest BCUT2D eigenvalue weighted by atomic mass is 79.9. The summed E-state index contributed by atoms with van der Waals surface area (Å²) >= 11 is 4.57. The Morgan fingerprint density at radius 1 is 1.53 bits per heavy atom. The van der Waals surface area contributed by atoms with Crippen molar-refractivity contribution in [1.29, 1.82) is 5.26 Å². The van der Waals surface area contributed by atoms with Gasteiger partial charge in [0.15, 0.2) is 0 Å². The Morgan fingerprint density at radius 3 is 2.94 bits per heavy atom. The Labute approximate surface area is 110 Å². The summed E-state index contributed by atoms with van der Waals surface area (Å²) in [6.45, 7) is 0. The maximum atomic E-state index is 11.8. The summed E-state index contributed by atoms with van der Waals surface area (Å²) in [5.74, 6) is -0.210. The van der Waals surface area contributed by atoms with E-state index in [1.54, 1.807) is 23.7 Å². The minimum atomic E-state index is -0.210. The van der Waals surface area contributed by atoms with Crippen molar-refractivity contribution in [2.75, 3.05) is 5.32 Å². The van der Waals surface area contributed by atoms with Crippen LogP contribution >= 0.6 is 27.3 Å². The molecular formula is C11H6BrN3OS. The molecule has 1 amide bonds. The first kappa shape index (κ1) is 11.8. The number of thiazole rings is 1. The molecule has 0 bridgehead atoms. The van der Waals surface area contributed by atoms with Crippen LogP contribution in [0.15, 0.2) is 34.4 Å². The third-order valence-corrected chi connectivity index (χ3v) is 3.43. The topological polar surface area (TPSA) is 65.8 Å². The molecule has 0 atom stereocenters.